The number of hydrogen-bond donors (Lipinski definition) is 2. The number of likely N-dealkylation sites (N-methyl/N-ethyl adjacent to an activating group) is 1. The molecule has 0 unspecified atom stereocenters. The number of rotatable bonds is 7. The van der Waals surface area contributed by atoms with Gasteiger partial charge in [-0.1, -0.05) is 18.2 Å². The van der Waals surface area contributed by atoms with E-state index in [4.69, 9.17) is 14.7 Å². The Morgan fingerprint density at radius 3 is 2.65 bits per heavy atom. The van der Waals surface area contributed by atoms with E-state index in [2.05, 4.69) is 20.2 Å². The lowest BCUT2D eigenvalue weighted by molar-refractivity contribution is 0.260. The summed E-state index contributed by atoms with van der Waals surface area (Å²) in [6, 6.07) is 20.1. The zero-order valence-corrected chi connectivity index (χ0v) is 20.4. The van der Waals surface area contributed by atoms with Gasteiger partial charge in [0.1, 0.15) is 23.7 Å². The van der Waals surface area contributed by atoms with Crippen molar-refractivity contribution in [1.29, 1.82) is 0 Å². The summed E-state index contributed by atoms with van der Waals surface area (Å²) in [6.45, 7) is 1.20. The number of H-pyrrole nitrogens is 2. The van der Waals surface area contributed by atoms with Gasteiger partial charge in [0.15, 0.2) is 11.5 Å². The number of ether oxygens (including phenoxy) is 1. The molecule has 8 nitrogen and oxygen atoms in total. The van der Waals surface area contributed by atoms with Crippen LogP contribution in [0, 0.1) is 5.82 Å². The first-order valence-corrected chi connectivity index (χ1v) is 11.9. The molecule has 0 saturated carbocycles. The van der Waals surface area contributed by atoms with Crippen molar-refractivity contribution in [3.8, 4) is 39.8 Å². The molecule has 6 aromatic rings. The lowest BCUT2D eigenvalue weighted by Crippen LogP contribution is -2.19. The Balaban J connectivity index is 1.41. The number of aromatic amines is 2. The highest BCUT2D eigenvalue weighted by atomic mass is 19.1. The Hall–Kier alpha value is -4.63. The molecule has 0 radical (unpaired) electrons. The smallest absolute Gasteiger partial charge is 0.161 e. The number of fused-ring (bicyclic) bond motifs is 2. The van der Waals surface area contributed by atoms with E-state index in [1.165, 1.54) is 12.1 Å². The van der Waals surface area contributed by atoms with Crippen molar-refractivity contribution in [2.75, 3.05) is 27.2 Å². The van der Waals surface area contributed by atoms with Crippen molar-refractivity contribution in [2.24, 2.45) is 0 Å². The predicted octanol–water partition coefficient (Wildman–Crippen LogP) is 5.31. The summed E-state index contributed by atoms with van der Waals surface area (Å²) in [7, 11) is 3.93. The molecule has 0 bridgehead atoms. The van der Waals surface area contributed by atoms with Gasteiger partial charge in [-0.3, -0.25) is 10.1 Å². The first-order chi connectivity index (χ1) is 18.0. The van der Waals surface area contributed by atoms with Crippen LogP contribution in [0.25, 0.3) is 56.1 Å². The van der Waals surface area contributed by atoms with Crippen molar-refractivity contribution in [2.45, 2.75) is 0 Å². The molecule has 0 aliphatic heterocycles. The van der Waals surface area contributed by atoms with Crippen LogP contribution < -0.4 is 4.74 Å². The molecule has 0 aliphatic carbocycles. The Morgan fingerprint density at radius 1 is 0.892 bits per heavy atom. The summed E-state index contributed by atoms with van der Waals surface area (Å²) >= 11 is 0. The van der Waals surface area contributed by atoms with E-state index in [1.54, 1.807) is 6.20 Å². The van der Waals surface area contributed by atoms with Crippen LogP contribution in [0.15, 0.2) is 72.9 Å². The molecule has 4 aromatic heterocycles. The maximum atomic E-state index is 14.5. The minimum atomic E-state index is -0.366. The molecule has 9 heteroatoms. The Labute approximate surface area is 212 Å². The fourth-order valence-electron chi connectivity index (χ4n) is 4.25. The first kappa shape index (κ1) is 22.8. The van der Waals surface area contributed by atoms with Crippen molar-refractivity contribution in [3.05, 3.63) is 78.7 Å². The van der Waals surface area contributed by atoms with Crippen LogP contribution in [0.2, 0.25) is 0 Å². The molecule has 37 heavy (non-hydrogen) atoms. The Morgan fingerprint density at radius 2 is 1.81 bits per heavy atom. The molecule has 4 heterocycles. The van der Waals surface area contributed by atoms with Gasteiger partial charge < -0.3 is 14.6 Å². The fourth-order valence-corrected chi connectivity index (χ4v) is 4.25. The van der Waals surface area contributed by atoms with Crippen LogP contribution in [-0.2, 0) is 0 Å². The maximum Gasteiger partial charge on any atom is 0.161 e. The summed E-state index contributed by atoms with van der Waals surface area (Å²) < 4.78 is 20.3. The SMILES string of the molecule is CN(C)CCOc1cc(F)cc(-c2cccc3[nH]c(-c4n[nH]c5ccc(-c6ccccn6)nc45)nc23)c1. The molecular formula is C28H24FN7O. The second-order valence-electron chi connectivity index (χ2n) is 8.99. The molecule has 2 N–H and O–H groups in total. The standard InChI is InChI=1S/C28H24FN7O/c1-36(2)12-13-37-19-15-17(14-18(29)16-19)20-6-5-8-23-25(20)33-28(32-23)27-26-24(34-35-27)10-9-22(31-26)21-7-3-4-11-30-21/h3-11,14-16H,12-13H2,1-2H3,(H,32,33)(H,34,35). The maximum absolute atomic E-state index is 14.5. The van der Waals surface area contributed by atoms with Crippen molar-refractivity contribution >= 4 is 22.1 Å². The molecule has 184 valence electrons. The van der Waals surface area contributed by atoms with Crippen LogP contribution in [-0.4, -0.2) is 62.3 Å². The van der Waals surface area contributed by atoms with E-state index in [-0.39, 0.29) is 5.82 Å². The van der Waals surface area contributed by atoms with Crippen molar-refractivity contribution in [1.82, 2.24) is 35.0 Å². The van der Waals surface area contributed by atoms with Crippen LogP contribution >= 0.6 is 0 Å². The highest BCUT2D eigenvalue weighted by molar-refractivity contribution is 5.96. The summed E-state index contributed by atoms with van der Waals surface area (Å²) in [5, 5.41) is 7.52. The lowest BCUT2D eigenvalue weighted by Gasteiger charge is -2.12. The second kappa shape index (κ2) is 9.44. The van der Waals surface area contributed by atoms with Crippen LogP contribution in [0.4, 0.5) is 4.39 Å². The minimum absolute atomic E-state index is 0.366. The number of imidazole rings is 1. The zero-order chi connectivity index (χ0) is 25.4. The third-order valence-corrected chi connectivity index (χ3v) is 6.06. The van der Waals surface area contributed by atoms with E-state index >= 15 is 0 Å². The van der Waals surface area contributed by atoms with Gasteiger partial charge in [-0.15, -0.1) is 0 Å². The summed E-state index contributed by atoms with van der Waals surface area (Å²) in [5.41, 5.74) is 6.59. The van der Waals surface area contributed by atoms with Crippen LogP contribution in [0.3, 0.4) is 0 Å². The number of nitrogens with one attached hydrogen (secondary N) is 2. The van der Waals surface area contributed by atoms with Gasteiger partial charge in [0.25, 0.3) is 0 Å². The number of para-hydroxylation sites is 1. The average molecular weight is 494 g/mol. The monoisotopic (exact) mass is 493 g/mol. The third kappa shape index (κ3) is 4.52. The average Bonchev–Trinajstić information content (AvgIpc) is 3.52. The third-order valence-electron chi connectivity index (χ3n) is 6.06. The zero-order valence-electron chi connectivity index (χ0n) is 20.4. The molecule has 0 fully saturated rings. The molecule has 6 rings (SSSR count). The van der Waals surface area contributed by atoms with Gasteiger partial charge in [0.05, 0.1) is 27.9 Å². The molecule has 0 saturated heterocycles. The van der Waals surface area contributed by atoms with E-state index in [9.17, 15) is 4.39 Å². The van der Waals surface area contributed by atoms with E-state index in [0.717, 1.165) is 34.5 Å². The second-order valence-corrected chi connectivity index (χ2v) is 8.99. The van der Waals surface area contributed by atoms with Gasteiger partial charge >= 0.3 is 0 Å². The fraction of sp³-hybridized carbons (Fsp3) is 0.143. The van der Waals surface area contributed by atoms with Crippen LogP contribution in [0.1, 0.15) is 0 Å². The number of aromatic nitrogens is 6. The van der Waals surface area contributed by atoms with E-state index < -0.39 is 0 Å². The van der Waals surface area contributed by atoms with Gasteiger partial charge in [-0.05, 0) is 62.1 Å². The number of pyridine rings is 2. The Kier molecular flexibility index (Phi) is 5.82. The van der Waals surface area contributed by atoms with Crippen LogP contribution in [0.5, 0.6) is 5.75 Å². The van der Waals surface area contributed by atoms with Crippen molar-refractivity contribution in [3.63, 3.8) is 0 Å². The van der Waals surface area contributed by atoms with E-state index in [0.29, 0.717) is 40.5 Å². The number of hydrogen-bond acceptors (Lipinski definition) is 6. The minimum Gasteiger partial charge on any atom is -0.492 e. The molecule has 0 spiro atoms. The molecule has 0 aliphatic rings. The number of halogens is 1. The summed E-state index contributed by atoms with van der Waals surface area (Å²) in [4.78, 5) is 19.4. The van der Waals surface area contributed by atoms with Gasteiger partial charge in [-0.2, -0.15) is 5.10 Å². The highest BCUT2D eigenvalue weighted by Gasteiger charge is 2.17. The summed E-state index contributed by atoms with van der Waals surface area (Å²) in [5.74, 6) is 0.682. The molecular weight excluding hydrogens is 469 g/mol. The molecule has 0 amide bonds. The first-order valence-electron chi connectivity index (χ1n) is 11.9. The highest BCUT2D eigenvalue weighted by Crippen LogP contribution is 2.33. The van der Waals surface area contributed by atoms with Gasteiger partial charge in [0, 0.05) is 24.4 Å². The lowest BCUT2D eigenvalue weighted by atomic mass is 10.0. The van der Waals surface area contributed by atoms with E-state index in [1.807, 2.05) is 73.6 Å². The largest absolute Gasteiger partial charge is 0.492 e. The van der Waals surface area contributed by atoms with Crippen molar-refractivity contribution < 1.29 is 9.13 Å². The normalized spacial score (nSPS) is 11.6. The number of benzene rings is 2. The molecule has 0 atom stereocenters. The summed E-state index contributed by atoms with van der Waals surface area (Å²) in [6.07, 6.45) is 1.74. The quantitative estimate of drug-likeness (QED) is 0.313. The molecule has 2 aromatic carbocycles. The van der Waals surface area contributed by atoms with Gasteiger partial charge in [0.2, 0.25) is 0 Å². The topological polar surface area (TPSA) is 95.6 Å². The Bertz CT molecular complexity index is 1710. The number of nitrogens with zero attached hydrogens (tertiary/aromatic N) is 5. The predicted molar refractivity (Wildman–Crippen MR) is 142 cm³/mol. The van der Waals surface area contributed by atoms with Gasteiger partial charge in [-0.25, -0.2) is 14.4 Å².